The van der Waals surface area contributed by atoms with Crippen molar-refractivity contribution in [2.75, 3.05) is 0 Å². The Labute approximate surface area is 109 Å². The van der Waals surface area contributed by atoms with Crippen molar-refractivity contribution in [2.45, 2.75) is 0 Å². The number of nitrogens with one attached hydrogen (secondary N) is 1. The van der Waals surface area contributed by atoms with Gasteiger partial charge in [-0.2, -0.15) is 0 Å². The van der Waals surface area contributed by atoms with E-state index in [1.807, 2.05) is 48.7 Å². The minimum Gasteiger partial charge on any atom is -0.359 e. The lowest BCUT2D eigenvalue weighted by molar-refractivity contribution is 1.19. The maximum Gasteiger partial charge on any atom is 0.178 e. The maximum absolute atomic E-state index is 4.60. The molecule has 4 rings (SSSR count). The van der Waals surface area contributed by atoms with Crippen LogP contribution in [0, 0.1) is 0 Å². The van der Waals surface area contributed by atoms with E-state index in [1.165, 1.54) is 0 Å². The summed E-state index contributed by atoms with van der Waals surface area (Å²) in [7, 11) is 0. The molecule has 0 bridgehead atoms. The Morgan fingerprint density at radius 2 is 1.79 bits per heavy atom. The first kappa shape index (κ1) is 10.2. The second kappa shape index (κ2) is 3.88. The van der Waals surface area contributed by atoms with Crippen molar-refractivity contribution in [3.8, 4) is 11.5 Å². The molecular weight excluding hydrogens is 236 g/mol. The van der Waals surface area contributed by atoms with Crippen LogP contribution in [0.4, 0.5) is 0 Å². The average Bonchev–Trinajstić information content (AvgIpc) is 2.94. The number of rotatable bonds is 1. The molecule has 0 spiro atoms. The zero-order valence-electron chi connectivity index (χ0n) is 10.0. The van der Waals surface area contributed by atoms with Crippen LogP contribution in [0.2, 0.25) is 0 Å². The normalized spacial score (nSPS) is 11.2. The van der Waals surface area contributed by atoms with E-state index in [-0.39, 0.29) is 0 Å². The smallest absolute Gasteiger partial charge is 0.178 e. The first-order valence-electron chi connectivity index (χ1n) is 6.06. The quantitative estimate of drug-likeness (QED) is 0.561. The van der Waals surface area contributed by atoms with Gasteiger partial charge in [-0.25, -0.2) is 15.0 Å². The van der Waals surface area contributed by atoms with Gasteiger partial charge in [0.1, 0.15) is 5.69 Å². The summed E-state index contributed by atoms with van der Waals surface area (Å²) >= 11 is 0. The SMILES string of the molecule is c1ccc2nc(-c3ncc4[nH]ccc4n3)ccc2c1. The lowest BCUT2D eigenvalue weighted by Crippen LogP contribution is -1.92. The number of aromatic amines is 1. The Hall–Kier alpha value is -2.75. The zero-order chi connectivity index (χ0) is 12.7. The molecule has 4 aromatic rings. The molecule has 1 N–H and O–H groups in total. The fourth-order valence-electron chi connectivity index (χ4n) is 2.16. The lowest BCUT2D eigenvalue weighted by atomic mass is 10.2. The van der Waals surface area contributed by atoms with Crippen molar-refractivity contribution in [1.29, 1.82) is 0 Å². The lowest BCUT2D eigenvalue weighted by Gasteiger charge is -2.01. The van der Waals surface area contributed by atoms with Crippen LogP contribution in [-0.4, -0.2) is 19.9 Å². The topological polar surface area (TPSA) is 54.5 Å². The van der Waals surface area contributed by atoms with Crippen LogP contribution in [0.15, 0.2) is 54.9 Å². The van der Waals surface area contributed by atoms with E-state index in [2.05, 4.69) is 19.9 Å². The third-order valence-corrected chi connectivity index (χ3v) is 3.13. The highest BCUT2D eigenvalue weighted by Crippen LogP contribution is 2.19. The highest BCUT2D eigenvalue weighted by atomic mass is 14.9. The number of hydrogen-bond acceptors (Lipinski definition) is 3. The van der Waals surface area contributed by atoms with Crippen LogP contribution in [0.5, 0.6) is 0 Å². The van der Waals surface area contributed by atoms with Crippen molar-refractivity contribution in [3.05, 3.63) is 54.9 Å². The first-order chi connectivity index (χ1) is 9.40. The fourth-order valence-corrected chi connectivity index (χ4v) is 2.16. The molecule has 0 amide bonds. The van der Waals surface area contributed by atoms with Gasteiger partial charge in [0.25, 0.3) is 0 Å². The molecule has 3 aromatic heterocycles. The van der Waals surface area contributed by atoms with Crippen molar-refractivity contribution in [1.82, 2.24) is 19.9 Å². The molecule has 0 atom stereocenters. The fraction of sp³-hybridized carbons (Fsp3) is 0. The third-order valence-electron chi connectivity index (χ3n) is 3.13. The largest absolute Gasteiger partial charge is 0.359 e. The number of H-pyrrole nitrogens is 1. The molecule has 0 fully saturated rings. The van der Waals surface area contributed by atoms with E-state index >= 15 is 0 Å². The Balaban J connectivity index is 1.92. The summed E-state index contributed by atoms with van der Waals surface area (Å²) in [5.41, 5.74) is 3.59. The minimum atomic E-state index is 0.651. The zero-order valence-corrected chi connectivity index (χ0v) is 10.0. The molecule has 3 heterocycles. The molecular formula is C15H10N4. The molecule has 0 aliphatic carbocycles. The summed E-state index contributed by atoms with van der Waals surface area (Å²) in [6.07, 6.45) is 3.64. The number of benzene rings is 1. The van der Waals surface area contributed by atoms with E-state index < -0.39 is 0 Å². The van der Waals surface area contributed by atoms with Gasteiger partial charge in [-0.3, -0.25) is 0 Å². The van der Waals surface area contributed by atoms with Crippen molar-refractivity contribution < 1.29 is 0 Å². The molecule has 0 radical (unpaired) electrons. The highest BCUT2D eigenvalue weighted by molar-refractivity contribution is 5.81. The predicted molar refractivity (Wildman–Crippen MR) is 74.6 cm³/mol. The minimum absolute atomic E-state index is 0.651. The molecule has 0 aliphatic rings. The summed E-state index contributed by atoms with van der Waals surface area (Å²) in [4.78, 5) is 16.5. The molecule has 0 unspecified atom stereocenters. The first-order valence-corrected chi connectivity index (χ1v) is 6.06. The van der Waals surface area contributed by atoms with E-state index in [0.717, 1.165) is 27.6 Å². The third kappa shape index (κ3) is 1.65. The number of aromatic nitrogens is 4. The van der Waals surface area contributed by atoms with Gasteiger partial charge in [-0.05, 0) is 18.2 Å². The molecule has 4 nitrogen and oxygen atoms in total. The van der Waals surface area contributed by atoms with Crippen molar-refractivity contribution in [2.24, 2.45) is 0 Å². The number of pyridine rings is 1. The van der Waals surface area contributed by atoms with Crippen LogP contribution >= 0.6 is 0 Å². The molecule has 4 heteroatoms. The molecule has 0 saturated heterocycles. The predicted octanol–water partition coefficient (Wildman–Crippen LogP) is 3.17. The summed E-state index contributed by atoms with van der Waals surface area (Å²) in [5, 5.41) is 1.12. The second-order valence-electron chi connectivity index (χ2n) is 4.36. The monoisotopic (exact) mass is 246 g/mol. The van der Waals surface area contributed by atoms with E-state index in [4.69, 9.17) is 0 Å². The van der Waals surface area contributed by atoms with Crippen LogP contribution in [0.1, 0.15) is 0 Å². The Bertz CT molecular complexity index is 879. The molecule has 90 valence electrons. The van der Waals surface area contributed by atoms with Crippen LogP contribution in [-0.2, 0) is 0 Å². The van der Waals surface area contributed by atoms with Gasteiger partial charge in [0.2, 0.25) is 0 Å². The van der Waals surface area contributed by atoms with E-state index in [0.29, 0.717) is 5.82 Å². The van der Waals surface area contributed by atoms with Crippen LogP contribution < -0.4 is 0 Å². The van der Waals surface area contributed by atoms with Gasteiger partial charge in [-0.15, -0.1) is 0 Å². The summed E-state index contributed by atoms with van der Waals surface area (Å²) in [6.45, 7) is 0. The van der Waals surface area contributed by atoms with Crippen LogP contribution in [0.25, 0.3) is 33.5 Å². The van der Waals surface area contributed by atoms with Crippen LogP contribution in [0.3, 0.4) is 0 Å². The molecule has 1 aromatic carbocycles. The molecule has 19 heavy (non-hydrogen) atoms. The number of hydrogen-bond donors (Lipinski definition) is 1. The number of para-hydroxylation sites is 1. The average molecular weight is 246 g/mol. The Morgan fingerprint density at radius 3 is 2.79 bits per heavy atom. The van der Waals surface area contributed by atoms with Gasteiger partial charge < -0.3 is 4.98 Å². The number of nitrogens with zero attached hydrogens (tertiary/aromatic N) is 3. The summed E-state index contributed by atoms with van der Waals surface area (Å²) < 4.78 is 0. The van der Waals surface area contributed by atoms with E-state index in [9.17, 15) is 0 Å². The van der Waals surface area contributed by atoms with Gasteiger partial charge in [0.15, 0.2) is 5.82 Å². The van der Waals surface area contributed by atoms with Gasteiger partial charge in [0.05, 0.1) is 22.7 Å². The van der Waals surface area contributed by atoms with Gasteiger partial charge in [0, 0.05) is 11.6 Å². The standard InChI is InChI=1S/C15H10N4/c1-2-4-11-10(3-1)5-6-13(18-11)15-17-9-14-12(19-15)7-8-16-14/h1-9,16H. The molecule has 0 saturated carbocycles. The highest BCUT2D eigenvalue weighted by Gasteiger charge is 2.05. The molecule has 0 aliphatic heterocycles. The number of fused-ring (bicyclic) bond motifs is 2. The summed E-state index contributed by atoms with van der Waals surface area (Å²) in [6, 6.07) is 14.0. The van der Waals surface area contributed by atoms with Crippen molar-refractivity contribution in [3.63, 3.8) is 0 Å². The van der Waals surface area contributed by atoms with Gasteiger partial charge in [-0.1, -0.05) is 24.3 Å². The second-order valence-corrected chi connectivity index (χ2v) is 4.36. The summed E-state index contributed by atoms with van der Waals surface area (Å²) in [5.74, 6) is 0.651. The maximum atomic E-state index is 4.60. The van der Waals surface area contributed by atoms with Gasteiger partial charge >= 0.3 is 0 Å². The Morgan fingerprint density at radius 1 is 0.842 bits per heavy atom. The van der Waals surface area contributed by atoms with Crippen molar-refractivity contribution >= 4 is 21.9 Å². The Kier molecular flexibility index (Phi) is 2.08. The van der Waals surface area contributed by atoms with E-state index in [1.54, 1.807) is 6.20 Å².